The zero-order valence-corrected chi connectivity index (χ0v) is 10.4. The fraction of sp³-hybridized carbons (Fsp3) is 0.462. The summed E-state index contributed by atoms with van der Waals surface area (Å²) >= 11 is 0. The molecular formula is C13H17FN4. The van der Waals surface area contributed by atoms with E-state index >= 15 is 0 Å². The molecule has 1 fully saturated rings. The third kappa shape index (κ3) is 1.75. The van der Waals surface area contributed by atoms with Crippen molar-refractivity contribution in [1.82, 2.24) is 14.5 Å². The summed E-state index contributed by atoms with van der Waals surface area (Å²) in [6.07, 6.45) is 2.06. The Labute approximate surface area is 105 Å². The molecule has 4 nitrogen and oxygen atoms in total. The van der Waals surface area contributed by atoms with E-state index in [9.17, 15) is 4.39 Å². The number of hydrogen-bond acceptors (Lipinski definition) is 3. The predicted molar refractivity (Wildman–Crippen MR) is 69.9 cm³/mol. The maximum atomic E-state index is 13.7. The van der Waals surface area contributed by atoms with E-state index in [4.69, 9.17) is 5.73 Å². The highest BCUT2D eigenvalue weighted by molar-refractivity contribution is 5.79. The SMILES string of the molecule is CN1CCC(n2c(N)nc3c(F)cccc32)CC1. The molecule has 0 amide bonds. The number of aromatic nitrogens is 2. The molecule has 5 heteroatoms. The van der Waals surface area contributed by atoms with Gasteiger partial charge in [-0.15, -0.1) is 0 Å². The first-order chi connectivity index (χ1) is 8.66. The number of piperidine rings is 1. The third-order valence-electron chi connectivity index (χ3n) is 3.75. The quantitative estimate of drug-likeness (QED) is 0.840. The number of hydrogen-bond donors (Lipinski definition) is 1. The first kappa shape index (κ1) is 11.5. The van der Waals surface area contributed by atoms with Gasteiger partial charge in [0.1, 0.15) is 5.52 Å². The highest BCUT2D eigenvalue weighted by Crippen LogP contribution is 2.30. The standard InChI is InChI=1S/C13H17FN4/c1-17-7-5-9(6-8-17)18-11-4-2-3-10(14)12(11)16-13(18)15/h2-4,9H,5-8H2,1H3,(H2,15,16). The number of benzene rings is 1. The number of para-hydroxylation sites is 1. The minimum atomic E-state index is -0.300. The number of imidazole rings is 1. The molecule has 18 heavy (non-hydrogen) atoms. The van der Waals surface area contributed by atoms with Gasteiger partial charge < -0.3 is 15.2 Å². The van der Waals surface area contributed by atoms with Crippen LogP contribution in [0.4, 0.5) is 10.3 Å². The molecule has 0 atom stereocenters. The van der Waals surface area contributed by atoms with Crippen LogP contribution in [0, 0.1) is 5.82 Å². The van der Waals surface area contributed by atoms with Crippen LogP contribution in [0.3, 0.4) is 0 Å². The molecule has 1 aliphatic rings. The normalized spacial score (nSPS) is 18.6. The highest BCUT2D eigenvalue weighted by Gasteiger charge is 2.22. The molecule has 1 aromatic heterocycles. The molecule has 0 bridgehead atoms. The summed E-state index contributed by atoms with van der Waals surface area (Å²) in [4.78, 5) is 6.46. The lowest BCUT2D eigenvalue weighted by molar-refractivity contribution is 0.225. The van der Waals surface area contributed by atoms with Crippen LogP contribution in [0.25, 0.3) is 11.0 Å². The summed E-state index contributed by atoms with van der Waals surface area (Å²) in [5.74, 6) is 0.121. The van der Waals surface area contributed by atoms with Gasteiger partial charge in [-0.1, -0.05) is 6.07 Å². The summed E-state index contributed by atoms with van der Waals surface area (Å²) in [5.41, 5.74) is 7.15. The molecule has 0 unspecified atom stereocenters. The number of nitrogens with zero attached hydrogens (tertiary/aromatic N) is 3. The average Bonchev–Trinajstić information content (AvgIpc) is 2.69. The van der Waals surface area contributed by atoms with Crippen molar-refractivity contribution in [1.29, 1.82) is 0 Å². The number of halogens is 1. The number of anilines is 1. The summed E-state index contributed by atoms with van der Waals surface area (Å²) in [7, 11) is 2.12. The predicted octanol–water partition coefficient (Wildman–Crippen LogP) is 2.02. The lowest BCUT2D eigenvalue weighted by atomic mass is 10.1. The molecule has 0 spiro atoms. The molecule has 0 radical (unpaired) electrons. The van der Waals surface area contributed by atoms with Gasteiger partial charge in [0.05, 0.1) is 5.52 Å². The maximum Gasteiger partial charge on any atom is 0.201 e. The van der Waals surface area contributed by atoms with E-state index in [2.05, 4.69) is 16.9 Å². The van der Waals surface area contributed by atoms with E-state index in [1.807, 2.05) is 10.6 Å². The molecular weight excluding hydrogens is 231 g/mol. The lowest BCUT2D eigenvalue weighted by Gasteiger charge is -2.30. The number of likely N-dealkylation sites (tertiary alicyclic amines) is 1. The van der Waals surface area contributed by atoms with E-state index in [0.717, 1.165) is 31.4 Å². The molecule has 1 saturated heterocycles. The van der Waals surface area contributed by atoms with Gasteiger partial charge in [-0.25, -0.2) is 9.37 Å². The van der Waals surface area contributed by atoms with Crippen LogP contribution in [-0.2, 0) is 0 Å². The summed E-state index contributed by atoms with van der Waals surface area (Å²) in [6, 6.07) is 5.35. The first-order valence-corrected chi connectivity index (χ1v) is 6.27. The van der Waals surface area contributed by atoms with Gasteiger partial charge >= 0.3 is 0 Å². The van der Waals surface area contributed by atoms with Crippen molar-refractivity contribution in [2.45, 2.75) is 18.9 Å². The van der Waals surface area contributed by atoms with Crippen molar-refractivity contribution >= 4 is 17.0 Å². The molecule has 2 N–H and O–H groups in total. The Kier molecular flexibility index (Phi) is 2.70. The number of nitrogen functional groups attached to an aromatic ring is 1. The highest BCUT2D eigenvalue weighted by atomic mass is 19.1. The number of nitrogens with two attached hydrogens (primary N) is 1. The second-order valence-electron chi connectivity index (χ2n) is 4.98. The van der Waals surface area contributed by atoms with Crippen LogP contribution in [0.5, 0.6) is 0 Å². The van der Waals surface area contributed by atoms with Crippen molar-refractivity contribution in [2.24, 2.45) is 0 Å². The minimum Gasteiger partial charge on any atom is -0.369 e. The Hall–Kier alpha value is -1.62. The van der Waals surface area contributed by atoms with E-state index in [1.165, 1.54) is 6.07 Å². The van der Waals surface area contributed by atoms with Crippen LogP contribution >= 0.6 is 0 Å². The van der Waals surface area contributed by atoms with Crippen LogP contribution in [-0.4, -0.2) is 34.6 Å². The minimum absolute atomic E-state index is 0.300. The van der Waals surface area contributed by atoms with Crippen LogP contribution in [0.15, 0.2) is 18.2 Å². The smallest absolute Gasteiger partial charge is 0.201 e. The van der Waals surface area contributed by atoms with E-state index in [1.54, 1.807) is 6.07 Å². The van der Waals surface area contributed by atoms with E-state index < -0.39 is 0 Å². The van der Waals surface area contributed by atoms with Gasteiger partial charge in [-0.3, -0.25) is 0 Å². The second kappa shape index (κ2) is 4.24. The van der Waals surface area contributed by atoms with Gasteiger partial charge in [0, 0.05) is 6.04 Å². The van der Waals surface area contributed by atoms with Crippen molar-refractivity contribution in [3.05, 3.63) is 24.0 Å². The average molecular weight is 248 g/mol. The van der Waals surface area contributed by atoms with Crippen molar-refractivity contribution in [3.8, 4) is 0 Å². The van der Waals surface area contributed by atoms with Gasteiger partial charge in [0.15, 0.2) is 5.82 Å². The van der Waals surface area contributed by atoms with Crippen LogP contribution in [0.1, 0.15) is 18.9 Å². The molecule has 3 rings (SSSR count). The fourth-order valence-electron chi connectivity index (χ4n) is 2.74. The molecule has 2 aromatic rings. The molecule has 96 valence electrons. The van der Waals surface area contributed by atoms with Crippen LogP contribution < -0.4 is 5.73 Å². The van der Waals surface area contributed by atoms with Crippen molar-refractivity contribution in [2.75, 3.05) is 25.9 Å². The van der Waals surface area contributed by atoms with Crippen molar-refractivity contribution < 1.29 is 4.39 Å². The number of fused-ring (bicyclic) bond motifs is 1. The Balaban J connectivity index is 2.06. The Morgan fingerprint density at radius 2 is 2.06 bits per heavy atom. The fourth-order valence-corrected chi connectivity index (χ4v) is 2.74. The number of rotatable bonds is 1. The van der Waals surface area contributed by atoms with Gasteiger partial charge in [-0.05, 0) is 45.1 Å². The monoisotopic (exact) mass is 248 g/mol. The molecule has 0 saturated carbocycles. The largest absolute Gasteiger partial charge is 0.369 e. The first-order valence-electron chi connectivity index (χ1n) is 6.27. The van der Waals surface area contributed by atoms with Gasteiger partial charge in [-0.2, -0.15) is 0 Å². The van der Waals surface area contributed by atoms with E-state index in [0.29, 0.717) is 17.5 Å². The van der Waals surface area contributed by atoms with Crippen molar-refractivity contribution in [3.63, 3.8) is 0 Å². The molecule has 1 aliphatic heterocycles. The van der Waals surface area contributed by atoms with Crippen LogP contribution in [0.2, 0.25) is 0 Å². The lowest BCUT2D eigenvalue weighted by Crippen LogP contribution is -2.31. The summed E-state index contributed by atoms with van der Waals surface area (Å²) in [5, 5.41) is 0. The second-order valence-corrected chi connectivity index (χ2v) is 4.98. The summed E-state index contributed by atoms with van der Waals surface area (Å²) < 4.78 is 15.7. The Morgan fingerprint density at radius 1 is 1.33 bits per heavy atom. The molecule has 1 aromatic carbocycles. The summed E-state index contributed by atoms with van der Waals surface area (Å²) in [6.45, 7) is 2.08. The Morgan fingerprint density at radius 3 is 2.78 bits per heavy atom. The zero-order valence-electron chi connectivity index (χ0n) is 10.4. The maximum absolute atomic E-state index is 13.7. The van der Waals surface area contributed by atoms with E-state index in [-0.39, 0.29) is 5.82 Å². The van der Waals surface area contributed by atoms with Gasteiger partial charge in [0.2, 0.25) is 5.95 Å². The topological polar surface area (TPSA) is 47.1 Å². The zero-order chi connectivity index (χ0) is 12.7. The third-order valence-corrected chi connectivity index (χ3v) is 3.75. The molecule has 0 aliphatic carbocycles. The Bertz CT molecular complexity index is 570. The molecule has 2 heterocycles. The van der Waals surface area contributed by atoms with Gasteiger partial charge in [0.25, 0.3) is 0 Å².